The second-order valence-corrected chi connectivity index (χ2v) is 8.98. The van der Waals surface area contributed by atoms with Gasteiger partial charge in [0.25, 0.3) is 0 Å². The second kappa shape index (κ2) is 34.9. The van der Waals surface area contributed by atoms with Crippen LogP contribution >= 0.6 is 0 Å². The summed E-state index contributed by atoms with van der Waals surface area (Å²) < 4.78 is 89.0. The molecule has 0 aliphatic rings. The van der Waals surface area contributed by atoms with Crippen molar-refractivity contribution in [1.82, 2.24) is 0 Å². The molecule has 15 heteroatoms. The van der Waals surface area contributed by atoms with Crippen molar-refractivity contribution in [3.8, 4) is 0 Å². The van der Waals surface area contributed by atoms with Crippen LogP contribution in [-0.4, -0.2) is 164 Å². The van der Waals surface area contributed by atoms with Crippen LogP contribution < -0.4 is 0 Å². The van der Waals surface area contributed by atoms with Gasteiger partial charge in [-0.25, -0.2) is 0 Å². The fraction of sp³-hybridized carbons (Fsp3) is 0.966. The minimum absolute atomic E-state index is 0.191. The van der Waals surface area contributed by atoms with Crippen LogP contribution in [0.5, 0.6) is 0 Å². The molecule has 0 amide bonds. The van der Waals surface area contributed by atoms with E-state index in [2.05, 4.69) is 11.7 Å². The van der Waals surface area contributed by atoms with Gasteiger partial charge in [-0.3, -0.25) is 4.79 Å². The minimum Gasteiger partial charge on any atom is -0.379 e. The summed E-state index contributed by atoms with van der Waals surface area (Å²) in [5, 5.41) is 0. The summed E-state index contributed by atoms with van der Waals surface area (Å²) in [6.07, 6.45) is -2.83. The Balaban J connectivity index is 3.10. The first-order valence-electron chi connectivity index (χ1n) is 15.4. The molecule has 0 aliphatic carbocycles. The molecule has 0 aliphatic heterocycles. The fourth-order valence-electron chi connectivity index (χ4n) is 3.04. The van der Waals surface area contributed by atoms with Crippen molar-refractivity contribution >= 4 is 5.78 Å². The Kier molecular flexibility index (Phi) is 34.2. The molecule has 0 radical (unpaired) electrons. The molecule has 0 heterocycles. The van der Waals surface area contributed by atoms with Crippen molar-refractivity contribution in [1.29, 1.82) is 0 Å². The molecule has 44 heavy (non-hydrogen) atoms. The summed E-state index contributed by atoms with van der Waals surface area (Å²) in [5.74, 6) is -1.25. The highest BCUT2D eigenvalue weighted by Gasteiger charge is 2.37. The fourth-order valence-corrected chi connectivity index (χ4v) is 3.04. The average molecular weight is 651 g/mol. The number of ketones is 1. The Hall–Kier alpha value is -0.950. The van der Waals surface area contributed by atoms with Gasteiger partial charge in [0.15, 0.2) is 0 Å². The van der Waals surface area contributed by atoms with Gasteiger partial charge in [-0.1, -0.05) is 6.92 Å². The average Bonchev–Trinajstić information content (AvgIpc) is 3.02. The van der Waals surface area contributed by atoms with Gasteiger partial charge >= 0.3 is 6.11 Å². The van der Waals surface area contributed by atoms with Crippen LogP contribution in [0.4, 0.5) is 8.78 Å². The third-order valence-electron chi connectivity index (χ3n) is 5.34. The molecule has 0 atom stereocenters. The van der Waals surface area contributed by atoms with Crippen molar-refractivity contribution < 1.29 is 70.4 Å². The highest BCUT2D eigenvalue weighted by molar-refractivity contribution is 5.84. The Morgan fingerprint density at radius 1 is 0.432 bits per heavy atom. The summed E-state index contributed by atoms with van der Waals surface area (Å²) in [7, 11) is 0.793. The van der Waals surface area contributed by atoms with Gasteiger partial charge in [-0.05, 0) is 12.8 Å². The zero-order valence-corrected chi connectivity index (χ0v) is 26.7. The highest BCUT2D eigenvalue weighted by Crippen LogP contribution is 2.17. The first-order valence-corrected chi connectivity index (χ1v) is 15.4. The van der Waals surface area contributed by atoms with Crippen molar-refractivity contribution in [3.63, 3.8) is 0 Å². The number of ether oxygens (including phenoxy) is 12. The van der Waals surface area contributed by atoms with Crippen LogP contribution in [0.15, 0.2) is 0 Å². The van der Waals surface area contributed by atoms with E-state index < -0.39 is 11.9 Å². The van der Waals surface area contributed by atoms with E-state index in [0.29, 0.717) is 132 Å². The molecule has 0 saturated heterocycles. The summed E-state index contributed by atoms with van der Waals surface area (Å²) in [5.41, 5.74) is 0. The molecule has 0 unspecified atom stereocenters. The first kappa shape index (κ1) is 43.0. The van der Waals surface area contributed by atoms with E-state index >= 15 is 0 Å². The van der Waals surface area contributed by atoms with E-state index in [1.54, 1.807) is 0 Å². The van der Waals surface area contributed by atoms with Crippen molar-refractivity contribution in [2.75, 3.05) is 152 Å². The lowest BCUT2D eigenvalue weighted by atomic mass is 10.2. The molecule has 0 saturated carbocycles. The Morgan fingerprint density at radius 2 is 0.659 bits per heavy atom. The molecule has 0 rings (SSSR count). The van der Waals surface area contributed by atoms with Crippen molar-refractivity contribution in [2.24, 2.45) is 0 Å². The smallest absolute Gasteiger partial charge is 0.379 e. The van der Waals surface area contributed by atoms with Crippen LogP contribution in [0, 0.1) is 0 Å². The standard InChI is InChI=1S/C29H56F2O13/c1-3-6-34-8-10-36-12-14-38-16-18-40-20-22-42-24-26-44-27-25-43-23-21-41-19-17-39-15-13-37-11-9-35-7-4-5-28(32)29(30,31)33-2/h3-27H2,1-2H3. The van der Waals surface area contributed by atoms with Crippen LogP contribution in [0.25, 0.3) is 0 Å². The molecule has 0 bridgehead atoms. The first-order chi connectivity index (χ1) is 21.5. The minimum atomic E-state index is -3.73. The molecule has 0 aromatic carbocycles. The second-order valence-electron chi connectivity index (χ2n) is 8.98. The molecule has 0 aromatic rings. The predicted molar refractivity (Wildman–Crippen MR) is 155 cm³/mol. The molecular formula is C29H56F2O13. The Morgan fingerprint density at radius 3 is 0.886 bits per heavy atom. The van der Waals surface area contributed by atoms with E-state index in [0.717, 1.165) is 20.1 Å². The lowest BCUT2D eigenvalue weighted by molar-refractivity contribution is -0.217. The lowest BCUT2D eigenvalue weighted by Gasteiger charge is -2.12. The van der Waals surface area contributed by atoms with Crippen molar-refractivity contribution in [2.45, 2.75) is 32.3 Å². The maximum atomic E-state index is 12.9. The van der Waals surface area contributed by atoms with E-state index in [4.69, 9.17) is 52.1 Å². The predicted octanol–water partition coefficient (Wildman–Crippen LogP) is 2.17. The molecule has 0 spiro atoms. The molecule has 13 nitrogen and oxygen atoms in total. The number of hydrogen-bond donors (Lipinski definition) is 0. The number of halogens is 2. The Bertz CT molecular complexity index is 591. The molecule has 0 fully saturated rings. The van der Waals surface area contributed by atoms with Crippen molar-refractivity contribution in [3.05, 3.63) is 0 Å². The third kappa shape index (κ3) is 32.4. The largest absolute Gasteiger partial charge is 0.415 e. The number of hydrogen-bond acceptors (Lipinski definition) is 13. The molecule has 0 N–H and O–H groups in total. The molecule has 0 aromatic heterocycles. The number of alkyl halides is 2. The van der Waals surface area contributed by atoms with Gasteiger partial charge in [-0.2, -0.15) is 8.78 Å². The van der Waals surface area contributed by atoms with Gasteiger partial charge in [0.1, 0.15) is 0 Å². The van der Waals surface area contributed by atoms with Gasteiger partial charge in [0.2, 0.25) is 5.78 Å². The maximum absolute atomic E-state index is 12.9. The van der Waals surface area contributed by atoms with Crippen LogP contribution in [-0.2, 0) is 61.6 Å². The summed E-state index contributed by atoms with van der Waals surface area (Å²) in [6, 6.07) is 0. The van der Waals surface area contributed by atoms with Crippen LogP contribution in [0.1, 0.15) is 26.2 Å². The summed E-state index contributed by atoms with van der Waals surface area (Å²) in [6.45, 7) is 12.6. The van der Waals surface area contributed by atoms with E-state index in [1.807, 2.05) is 0 Å². The topological polar surface area (TPSA) is 128 Å². The Labute approximate surface area is 261 Å². The summed E-state index contributed by atoms with van der Waals surface area (Å²) in [4.78, 5) is 11.2. The zero-order valence-electron chi connectivity index (χ0n) is 26.7. The summed E-state index contributed by atoms with van der Waals surface area (Å²) >= 11 is 0. The quantitative estimate of drug-likeness (QED) is 0.0907. The lowest BCUT2D eigenvalue weighted by Crippen LogP contribution is -2.30. The van der Waals surface area contributed by atoms with Crippen LogP contribution in [0.2, 0.25) is 0 Å². The zero-order chi connectivity index (χ0) is 32.2. The third-order valence-corrected chi connectivity index (χ3v) is 5.34. The molecule has 264 valence electrons. The number of rotatable bonds is 38. The van der Waals surface area contributed by atoms with Gasteiger partial charge in [-0.15, -0.1) is 0 Å². The number of carbonyl (C=O) groups excluding carboxylic acids is 1. The van der Waals surface area contributed by atoms with E-state index in [9.17, 15) is 13.6 Å². The number of carbonyl (C=O) groups is 1. The van der Waals surface area contributed by atoms with Crippen LogP contribution in [0.3, 0.4) is 0 Å². The van der Waals surface area contributed by atoms with E-state index in [1.165, 1.54) is 0 Å². The number of Topliss-reactive ketones (excluding diaryl/α,β-unsaturated/α-hetero) is 1. The van der Waals surface area contributed by atoms with E-state index in [-0.39, 0.29) is 19.4 Å². The highest BCUT2D eigenvalue weighted by atomic mass is 19.3. The number of methoxy groups -OCH3 is 1. The SMILES string of the molecule is CCCOCCOCCOCCOCCOCCOCCOCCOCCOCCOCCOCCCC(=O)C(F)(F)OC. The van der Waals surface area contributed by atoms with Gasteiger partial charge in [0.05, 0.1) is 132 Å². The monoisotopic (exact) mass is 650 g/mol. The van der Waals surface area contributed by atoms with Gasteiger partial charge < -0.3 is 56.8 Å². The normalized spacial score (nSPS) is 11.9. The van der Waals surface area contributed by atoms with Gasteiger partial charge in [0, 0.05) is 26.7 Å². The maximum Gasteiger partial charge on any atom is 0.415 e. The molecular weight excluding hydrogens is 594 g/mol.